The van der Waals surface area contributed by atoms with Crippen molar-refractivity contribution in [3.8, 4) is 0 Å². The quantitative estimate of drug-likeness (QED) is 0.156. The lowest BCUT2D eigenvalue weighted by Crippen LogP contribution is -2.70. The van der Waals surface area contributed by atoms with Crippen LogP contribution in [0.1, 0.15) is 97.4 Å². The average molecular weight is 840 g/mol. The molecule has 6 nitrogen and oxygen atoms in total. The van der Waals surface area contributed by atoms with Crippen LogP contribution in [0.25, 0.3) is 6.08 Å². The number of ether oxygens (including phenoxy) is 1. The summed E-state index contributed by atoms with van der Waals surface area (Å²) in [5, 5.41) is 11.7. The van der Waals surface area contributed by atoms with Crippen molar-refractivity contribution < 1.29 is 14.4 Å². The second-order valence-electron chi connectivity index (χ2n) is 15.6. The highest BCUT2D eigenvalue weighted by molar-refractivity contribution is 6.36. The minimum atomic E-state index is -1.66. The molecule has 0 aromatic heterocycles. The van der Waals surface area contributed by atoms with Crippen LogP contribution in [0, 0.1) is 0 Å². The van der Waals surface area contributed by atoms with E-state index in [0.717, 1.165) is 33.4 Å². The van der Waals surface area contributed by atoms with E-state index in [1.165, 1.54) is 11.1 Å². The molecule has 8 rings (SSSR count). The van der Waals surface area contributed by atoms with Gasteiger partial charge in [-0.1, -0.05) is 158 Å². The lowest BCUT2D eigenvalue weighted by Gasteiger charge is -2.52. The van der Waals surface area contributed by atoms with Crippen LogP contribution in [-0.4, -0.2) is 41.0 Å². The number of halogens is 4. The third-order valence-corrected chi connectivity index (χ3v) is 12.6. The number of piperidine rings is 1. The minimum absolute atomic E-state index is 0.0748. The summed E-state index contributed by atoms with van der Waals surface area (Å²) in [4.78, 5) is 16.2. The zero-order valence-electron chi connectivity index (χ0n) is 32.3. The second kappa shape index (κ2) is 15.8. The van der Waals surface area contributed by atoms with E-state index in [9.17, 15) is 0 Å². The Morgan fingerprint density at radius 2 is 1.28 bits per heavy atom. The van der Waals surface area contributed by atoms with Crippen LogP contribution in [-0.2, 0) is 14.4 Å². The molecule has 1 fully saturated rings. The van der Waals surface area contributed by atoms with Crippen LogP contribution in [0.4, 0.5) is 0 Å². The summed E-state index contributed by atoms with van der Waals surface area (Å²) in [5.41, 5.74) is 6.65. The fraction of sp³-hybridized carbons (Fsp3) is 0.277. The largest absolute Gasteiger partial charge is 0.422 e. The van der Waals surface area contributed by atoms with Gasteiger partial charge in [-0.05, 0) is 94.2 Å². The van der Waals surface area contributed by atoms with Crippen molar-refractivity contribution in [3.63, 3.8) is 0 Å². The Bertz CT molecular complexity index is 2380. The predicted molar refractivity (Wildman–Crippen MR) is 233 cm³/mol. The maximum absolute atomic E-state index is 7.24. The first-order chi connectivity index (χ1) is 27.4. The molecule has 292 valence electrons. The number of likely N-dealkylation sites (tertiary alicyclic amines) is 1. The zero-order valence-corrected chi connectivity index (χ0v) is 35.4. The Morgan fingerprint density at radius 1 is 0.667 bits per heavy atom. The summed E-state index contributed by atoms with van der Waals surface area (Å²) >= 11 is 27.1. The number of benzene rings is 5. The maximum atomic E-state index is 7.24. The molecular formula is C47H43Cl4N3O3. The lowest BCUT2D eigenvalue weighted by atomic mass is 9.68. The Balaban J connectivity index is 1.37. The van der Waals surface area contributed by atoms with Gasteiger partial charge < -0.3 is 14.4 Å². The molecular weight excluding hydrogens is 796 g/mol. The minimum Gasteiger partial charge on any atom is -0.422 e. The van der Waals surface area contributed by atoms with E-state index in [1.54, 1.807) is 12.1 Å². The summed E-state index contributed by atoms with van der Waals surface area (Å²) in [6.45, 7) is 11.6. The molecule has 10 heteroatoms. The van der Waals surface area contributed by atoms with E-state index < -0.39 is 17.3 Å². The molecule has 5 aromatic rings. The standard InChI is InChI=1S/C47H43Cl4N3O3/c1-28(2)31-11-15-34(16-12-31)44-43(40-22-21-39(49)25-42(40)51)46(56-52-44)27-54(30(5)33-9-7-6-8-10-33)26-37(23-36-19-20-38(48)24-41(36)50)47(46)55-45(53-57-47)35-17-13-32(14-18-35)29(3)4/h6-25,28-30,43H,26-27H2,1-5H3/b37-23+/t30-,43+,46+,47-/m1/s1. The molecule has 4 atom stereocenters. The van der Waals surface area contributed by atoms with Crippen molar-refractivity contribution in [2.75, 3.05) is 13.1 Å². The van der Waals surface area contributed by atoms with Gasteiger partial charge in [-0.25, -0.2) is 0 Å². The van der Waals surface area contributed by atoms with Gasteiger partial charge in [0.1, 0.15) is 0 Å². The molecule has 0 N–H and O–H groups in total. The summed E-state index contributed by atoms with van der Waals surface area (Å²) in [6.07, 6.45) is 2.00. The van der Waals surface area contributed by atoms with Crippen LogP contribution in [0.2, 0.25) is 20.1 Å². The van der Waals surface area contributed by atoms with Gasteiger partial charge in [-0.2, -0.15) is 0 Å². The van der Waals surface area contributed by atoms with Gasteiger partial charge in [-0.15, -0.1) is 0 Å². The maximum Gasteiger partial charge on any atom is 0.346 e. The topological polar surface area (TPSA) is 55.7 Å². The summed E-state index contributed by atoms with van der Waals surface area (Å²) in [7, 11) is 0. The first-order valence-corrected chi connectivity index (χ1v) is 20.7. The van der Waals surface area contributed by atoms with E-state index in [-0.39, 0.29) is 6.04 Å². The summed E-state index contributed by atoms with van der Waals surface area (Å²) < 4.78 is 7.24. The fourth-order valence-electron chi connectivity index (χ4n) is 8.13. The molecule has 3 heterocycles. The Morgan fingerprint density at radius 3 is 1.89 bits per heavy atom. The predicted octanol–water partition coefficient (Wildman–Crippen LogP) is 13.1. The molecule has 1 saturated heterocycles. The van der Waals surface area contributed by atoms with Gasteiger partial charge in [0.15, 0.2) is 0 Å². The highest BCUT2D eigenvalue weighted by atomic mass is 35.5. The number of hydrogen-bond donors (Lipinski definition) is 0. The van der Waals surface area contributed by atoms with Crippen LogP contribution < -0.4 is 0 Å². The molecule has 0 aliphatic carbocycles. The first kappa shape index (κ1) is 39.5. The first-order valence-electron chi connectivity index (χ1n) is 19.2. The third-order valence-electron chi connectivity index (χ3n) is 11.4. The molecule has 2 spiro atoms. The van der Waals surface area contributed by atoms with Gasteiger partial charge in [0.2, 0.25) is 5.60 Å². The lowest BCUT2D eigenvalue weighted by molar-refractivity contribution is -0.279. The molecule has 0 unspecified atom stereocenters. The molecule has 5 aromatic carbocycles. The van der Waals surface area contributed by atoms with Crippen LogP contribution in [0.5, 0.6) is 0 Å². The molecule has 0 bridgehead atoms. The third kappa shape index (κ3) is 7.25. The Hall–Kier alpha value is -4.30. The Labute approximate surface area is 354 Å². The summed E-state index contributed by atoms with van der Waals surface area (Å²) in [5.74, 6) is -1.28. The van der Waals surface area contributed by atoms with E-state index in [0.29, 0.717) is 56.6 Å². The normalized spacial score (nSPS) is 23.1. The van der Waals surface area contributed by atoms with Crippen molar-refractivity contribution in [1.29, 1.82) is 0 Å². The zero-order chi connectivity index (χ0) is 40.1. The molecule has 3 aliphatic heterocycles. The molecule has 57 heavy (non-hydrogen) atoms. The SMILES string of the molecule is CC(C)c1ccc(C2=NO[C@]3(O2)/C(=C/c2ccc(Cl)cc2Cl)CN([C@H](C)c2ccccc2)C[C@@]32ON=C(c3ccc(C(C)C)cc3)[C@@H]2c2ccc(Cl)cc2Cl)cc1. The van der Waals surface area contributed by atoms with Crippen molar-refractivity contribution in [3.05, 3.63) is 180 Å². The van der Waals surface area contributed by atoms with Gasteiger partial charge >= 0.3 is 5.79 Å². The van der Waals surface area contributed by atoms with Gasteiger partial charge in [-0.3, -0.25) is 4.90 Å². The van der Waals surface area contributed by atoms with Gasteiger partial charge in [0.05, 0.1) is 18.2 Å². The smallest absolute Gasteiger partial charge is 0.346 e. The van der Waals surface area contributed by atoms with E-state index in [2.05, 4.69) is 100 Å². The highest BCUT2D eigenvalue weighted by Gasteiger charge is 2.74. The molecule has 0 radical (unpaired) electrons. The highest BCUT2D eigenvalue weighted by Crippen LogP contribution is 2.58. The number of nitrogens with zero attached hydrogens (tertiary/aromatic N) is 3. The molecule has 0 amide bonds. The number of fused-ring (bicyclic) bond motifs is 1. The van der Waals surface area contributed by atoms with Gasteiger partial charge in [0.25, 0.3) is 5.90 Å². The van der Waals surface area contributed by atoms with Crippen LogP contribution in [0.3, 0.4) is 0 Å². The van der Waals surface area contributed by atoms with E-state index in [1.807, 2.05) is 48.5 Å². The van der Waals surface area contributed by atoms with Crippen molar-refractivity contribution in [2.45, 2.75) is 69.8 Å². The van der Waals surface area contributed by atoms with E-state index >= 15 is 0 Å². The summed E-state index contributed by atoms with van der Waals surface area (Å²) in [6, 6.07) is 37.9. The van der Waals surface area contributed by atoms with E-state index in [4.69, 9.17) is 71.1 Å². The van der Waals surface area contributed by atoms with Crippen LogP contribution >= 0.6 is 46.4 Å². The Kier molecular flexibility index (Phi) is 11.0. The number of hydrogen-bond acceptors (Lipinski definition) is 6. The number of oxime groups is 2. The number of rotatable bonds is 8. The van der Waals surface area contributed by atoms with Crippen molar-refractivity contribution in [2.24, 2.45) is 10.3 Å². The second-order valence-corrected chi connectivity index (χ2v) is 17.3. The van der Waals surface area contributed by atoms with Crippen molar-refractivity contribution in [1.82, 2.24) is 4.90 Å². The van der Waals surface area contributed by atoms with Crippen LogP contribution in [0.15, 0.2) is 131 Å². The fourth-order valence-corrected chi connectivity index (χ4v) is 9.11. The monoisotopic (exact) mass is 837 g/mol. The molecule has 3 aliphatic rings. The van der Waals surface area contributed by atoms with Crippen molar-refractivity contribution >= 4 is 64.1 Å². The average Bonchev–Trinajstić information content (AvgIpc) is 3.82. The van der Waals surface area contributed by atoms with Gasteiger partial charge in [0, 0.05) is 49.4 Å². The molecule has 0 saturated carbocycles.